The third-order valence-electron chi connectivity index (χ3n) is 3.55. The van der Waals surface area contributed by atoms with Gasteiger partial charge in [-0.1, -0.05) is 29.8 Å². The molecule has 1 N–H and O–H groups in total. The Morgan fingerprint density at radius 3 is 2.59 bits per heavy atom. The summed E-state index contributed by atoms with van der Waals surface area (Å²) in [5.41, 5.74) is 1.84. The average Bonchev–Trinajstić information content (AvgIpc) is 2.50. The van der Waals surface area contributed by atoms with Gasteiger partial charge in [-0.15, -0.1) is 0 Å². The van der Waals surface area contributed by atoms with Crippen LogP contribution in [-0.4, -0.2) is 23.1 Å². The van der Waals surface area contributed by atoms with Gasteiger partial charge in [-0.05, 0) is 37.0 Å². The lowest BCUT2D eigenvalue weighted by Gasteiger charge is -2.11. The normalized spacial score (nSPS) is 17.1. The molecule has 1 atom stereocenters. The van der Waals surface area contributed by atoms with Crippen molar-refractivity contribution in [1.82, 2.24) is 0 Å². The number of carbonyl (C=O) groups is 2. The van der Waals surface area contributed by atoms with Crippen molar-refractivity contribution < 1.29 is 14.7 Å². The summed E-state index contributed by atoms with van der Waals surface area (Å²) in [5.74, 6) is -1.18. The third-order valence-corrected chi connectivity index (χ3v) is 3.80. The Bertz CT molecular complexity index is 605. The SMILES string of the molecule is O=C(CCCC1=CCC(C(=O)O)C=N1)Cc1ccc(Cl)cc1. The topological polar surface area (TPSA) is 66.7 Å². The maximum absolute atomic E-state index is 11.9. The maximum atomic E-state index is 11.9. The van der Waals surface area contributed by atoms with E-state index in [1.54, 1.807) is 12.1 Å². The Labute approximate surface area is 134 Å². The molecule has 5 heteroatoms. The predicted molar refractivity (Wildman–Crippen MR) is 86.3 cm³/mol. The average molecular weight is 320 g/mol. The lowest BCUT2D eigenvalue weighted by molar-refractivity contribution is -0.139. The first-order valence-corrected chi connectivity index (χ1v) is 7.64. The number of halogens is 1. The Balaban J connectivity index is 1.70. The molecule has 0 radical (unpaired) electrons. The van der Waals surface area contributed by atoms with E-state index in [1.807, 2.05) is 18.2 Å². The van der Waals surface area contributed by atoms with Crippen molar-refractivity contribution in [2.24, 2.45) is 10.9 Å². The van der Waals surface area contributed by atoms with Crippen molar-refractivity contribution in [2.75, 3.05) is 0 Å². The summed E-state index contributed by atoms with van der Waals surface area (Å²) in [7, 11) is 0. The Hall–Kier alpha value is -1.94. The molecule has 1 heterocycles. The van der Waals surface area contributed by atoms with E-state index in [0.717, 1.165) is 17.7 Å². The van der Waals surface area contributed by atoms with Crippen LogP contribution >= 0.6 is 11.6 Å². The minimum absolute atomic E-state index is 0.186. The lowest BCUT2D eigenvalue weighted by Crippen LogP contribution is -2.16. The number of rotatable bonds is 7. The van der Waals surface area contributed by atoms with Crippen molar-refractivity contribution in [3.63, 3.8) is 0 Å². The number of hydrogen-bond donors (Lipinski definition) is 1. The fraction of sp³-hybridized carbons (Fsp3) is 0.353. The summed E-state index contributed by atoms with van der Waals surface area (Å²) >= 11 is 5.81. The van der Waals surface area contributed by atoms with Crippen molar-refractivity contribution in [2.45, 2.75) is 32.1 Å². The van der Waals surface area contributed by atoms with Crippen LogP contribution in [-0.2, 0) is 16.0 Å². The van der Waals surface area contributed by atoms with E-state index < -0.39 is 11.9 Å². The van der Waals surface area contributed by atoms with E-state index >= 15 is 0 Å². The first kappa shape index (κ1) is 16.4. The molecule has 22 heavy (non-hydrogen) atoms. The number of carbonyl (C=O) groups excluding carboxylic acids is 1. The van der Waals surface area contributed by atoms with Gasteiger partial charge in [0.05, 0.1) is 5.92 Å². The molecule has 1 aliphatic rings. The Kier molecular flexibility index (Phi) is 5.90. The van der Waals surface area contributed by atoms with Gasteiger partial charge in [-0.25, -0.2) is 0 Å². The second-order valence-electron chi connectivity index (χ2n) is 5.35. The zero-order valence-electron chi connectivity index (χ0n) is 12.2. The molecule has 0 saturated heterocycles. The van der Waals surface area contributed by atoms with E-state index in [4.69, 9.17) is 16.7 Å². The van der Waals surface area contributed by atoms with Gasteiger partial charge in [-0.2, -0.15) is 0 Å². The van der Waals surface area contributed by atoms with Gasteiger partial charge in [0, 0.05) is 29.8 Å². The summed E-state index contributed by atoms with van der Waals surface area (Å²) < 4.78 is 0. The highest BCUT2D eigenvalue weighted by Gasteiger charge is 2.16. The second kappa shape index (κ2) is 7.90. The van der Waals surface area contributed by atoms with E-state index in [1.165, 1.54) is 6.21 Å². The summed E-state index contributed by atoms with van der Waals surface area (Å²) in [6.07, 6.45) is 6.16. The van der Waals surface area contributed by atoms with Crippen molar-refractivity contribution in [3.8, 4) is 0 Å². The number of nitrogens with zero attached hydrogens (tertiary/aromatic N) is 1. The van der Waals surface area contributed by atoms with Crippen LogP contribution in [0.4, 0.5) is 0 Å². The molecule has 1 aromatic carbocycles. The fourth-order valence-corrected chi connectivity index (χ4v) is 2.40. The highest BCUT2D eigenvalue weighted by Crippen LogP contribution is 2.18. The molecule has 0 bridgehead atoms. The summed E-state index contributed by atoms with van der Waals surface area (Å²) in [5, 5.41) is 9.52. The molecule has 0 fully saturated rings. The van der Waals surface area contributed by atoms with Crippen LogP contribution in [0.5, 0.6) is 0 Å². The number of carboxylic acids is 1. The van der Waals surface area contributed by atoms with Crippen LogP contribution in [0.1, 0.15) is 31.2 Å². The molecule has 2 rings (SSSR count). The van der Waals surface area contributed by atoms with Gasteiger partial charge in [0.2, 0.25) is 0 Å². The Morgan fingerprint density at radius 2 is 2.00 bits per heavy atom. The molecule has 4 nitrogen and oxygen atoms in total. The van der Waals surface area contributed by atoms with Crippen LogP contribution in [0.2, 0.25) is 5.02 Å². The largest absolute Gasteiger partial charge is 0.481 e. The van der Waals surface area contributed by atoms with Crippen molar-refractivity contribution in [3.05, 3.63) is 46.6 Å². The standard InChI is InChI=1S/C17H18ClNO3/c18-14-7-4-12(5-8-14)10-16(20)3-1-2-15-9-6-13(11-19-15)17(21)22/h4-5,7-9,11,13H,1-3,6,10H2,(H,21,22). The number of benzene rings is 1. The number of Topliss-reactive ketones (excluding diaryl/α,β-unsaturated/α-hetero) is 1. The molecule has 1 aliphatic heterocycles. The molecule has 116 valence electrons. The van der Waals surface area contributed by atoms with Gasteiger partial charge < -0.3 is 5.11 Å². The number of ketones is 1. The Morgan fingerprint density at radius 1 is 1.27 bits per heavy atom. The molecule has 0 aromatic heterocycles. The number of hydrogen-bond acceptors (Lipinski definition) is 3. The minimum atomic E-state index is -0.850. The highest BCUT2D eigenvalue weighted by molar-refractivity contribution is 6.30. The highest BCUT2D eigenvalue weighted by atomic mass is 35.5. The smallest absolute Gasteiger partial charge is 0.312 e. The van der Waals surface area contributed by atoms with Crippen LogP contribution in [0, 0.1) is 5.92 Å². The van der Waals surface area contributed by atoms with Gasteiger partial charge >= 0.3 is 5.97 Å². The first-order chi connectivity index (χ1) is 10.5. The minimum Gasteiger partial charge on any atom is -0.481 e. The van der Waals surface area contributed by atoms with Crippen LogP contribution in [0.3, 0.4) is 0 Å². The fourth-order valence-electron chi connectivity index (χ4n) is 2.28. The van der Waals surface area contributed by atoms with Crippen LogP contribution in [0.15, 0.2) is 41.0 Å². The number of carboxylic acid groups (broad SMARTS) is 1. The van der Waals surface area contributed by atoms with Gasteiger partial charge in [-0.3, -0.25) is 14.6 Å². The maximum Gasteiger partial charge on any atom is 0.312 e. The number of aliphatic imine (C=N–C) groups is 1. The van der Waals surface area contributed by atoms with E-state index in [2.05, 4.69) is 4.99 Å². The molecule has 0 spiro atoms. The van der Waals surface area contributed by atoms with Crippen LogP contribution < -0.4 is 0 Å². The summed E-state index contributed by atoms with van der Waals surface area (Å²) in [6, 6.07) is 7.29. The van der Waals surface area contributed by atoms with Crippen molar-refractivity contribution >= 4 is 29.6 Å². The van der Waals surface area contributed by atoms with E-state index in [-0.39, 0.29) is 5.78 Å². The molecule has 0 aliphatic carbocycles. The molecule has 0 amide bonds. The first-order valence-electron chi connectivity index (χ1n) is 7.27. The van der Waals surface area contributed by atoms with Gasteiger partial charge in [0.25, 0.3) is 0 Å². The zero-order valence-corrected chi connectivity index (χ0v) is 12.9. The molecular weight excluding hydrogens is 302 g/mol. The zero-order chi connectivity index (χ0) is 15.9. The molecule has 0 saturated carbocycles. The van der Waals surface area contributed by atoms with E-state index in [0.29, 0.717) is 30.7 Å². The molecule has 1 unspecified atom stereocenters. The van der Waals surface area contributed by atoms with Gasteiger partial charge in [0.1, 0.15) is 5.78 Å². The van der Waals surface area contributed by atoms with Crippen LogP contribution in [0.25, 0.3) is 0 Å². The lowest BCUT2D eigenvalue weighted by atomic mass is 10.0. The summed E-state index contributed by atoms with van der Waals surface area (Å²) in [6.45, 7) is 0. The molecular formula is C17H18ClNO3. The number of aliphatic carboxylic acids is 1. The second-order valence-corrected chi connectivity index (χ2v) is 5.79. The number of allylic oxidation sites excluding steroid dienone is 2. The third kappa shape index (κ3) is 5.11. The van der Waals surface area contributed by atoms with E-state index in [9.17, 15) is 9.59 Å². The van der Waals surface area contributed by atoms with Crippen molar-refractivity contribution in [1.29, 1.82) is 0 Å². The quantitative estimate of drug-likeness (QED) is 0.833. The summed E-state index contributed by atoms with van der Waals surface area (Å²) in [4.78, 5) is 26.8. The molecule has 1 aromatic rings. The monoisotopic (exact) mass is 319 g/mol. The predicted octanol–water partition coefficient (Wildman–Crippen LogP) is 3.68. The van der Waals surface area contributed by atoms with Gasteiger partial charge in [0.15, 0.2) is 0 Å².